The van der Waals surface area contributed by atoms with Crippen molar-refractivity contribution in [2.24, 2.45) is 0 Å². The van der Waals surface area contributed by atoms with E-state index in [0.717, 1.165) is 50.1 Å². The molecule has 7 rings (SSSR count). The zero-order valence-electron chi connectivity index (χ0n) is 24.1. The van der Waals surface area contributed by atoms with E-state index in [1.165, 1.54) is 27.9 Å². The van der Waals surface area contributed by atoms with Gasteiger partial charge in [0.1, 0.15) is 22.5 Å². The maximum absolute atomic E-state index is 6.51. The number of hydrogen-bond donors (Lipinski definition) is 0. The molecule has 0 amide bonds. The van der Waals surface area contributed by atoms with Crippen LogP contribution < -0.4 is 0 Å². The maximum atomic E-state index is 6.51. The van der Waals surface area contributed by atoms with Crippen LogP contribution in [-0.2, 0) is 0 Å². The smallest absolute Gasteiger partial charge is 0.149 e. The summed E-state index contributed by atoms with van der Waals surface area (Å²) >= 11 is 0. The molecule has 41 heavy (non-hydrogen) atoms. The van der Waals surface area contributed by atoms with Gasteiger partial charge in [-0.05, 0) is 71.3 Å². The third-order valence-electron chi connectivity index (χ3n) is 8.07. The van der Waals surface area contributed by atoms with Crippen LogP contribution in [0.2, 0.25) is 0 Å². The lowest BCUT2D eigenvalue weighted by Gasteiger charge is -2.24. The van der Waals surface area contributed by atoms with E-state index in [1.807, 2.05) is 25.3 Å². The number of para-hydroxylation sites is 2. The Bertz CT molecular complexity index is 2030. The summed E-state index contributed by atoms with van der Waals surface area (Å²) < 4.78 is 8.88. The summed E-state index contributed by atoms with van der Waals surface area (Å²) in [7, 11) is 0. The van der Waals surface area contributed by atoms with Crippen LogP contribution in [0.3, 0.4) is 0 Å². The summed E-state index contributed by atoms with van der Waals surface area (Å²) in [5.41, 5.74) is 11.9. The Morgan fingerprint density at radius 1 is 0.707 bits per heavy atom. The Morgan fingerprint density at radius 2 is 1.39 bits per heavy atom. The highest BCUT2D eigenvalue weighted by Crippen LogP contribution is 2.42. The van der Waals surface area contributed by atoms with Crippen LogP contribution in [0.15, 0.2) is 102 Å². The minimum Gasteiger partial charge on any atom is -0.455 e. The lowest BCUT2D eigenvalue weighted by Crippen LogP contribution is -2.09. The van der Waals surface area contributed by atoms with Crippen molar-refractivity contribution < 1.29 is 4.42 Å². The van der Waals surface area contributed by atoms with E-state index in [1.54, 1.807) is 0 Å². The predicted molar refractivity (Wildman–Crippen MR) is 170 cm³/mol. The van der Waals surface area contributed by atoms with E-state index < -0.39 is 0 Å². The number of imidazole rings is 1. The molecular formula is C37H33N3O. The van der Waals surface area contributed by atoms with E-state index in [9.17, 15) is 0 Å². The number of benzene rings is 4. The molecule has 0 N–H and O–H groups in total. The van der Waals surface area contributed by atoms with Crippen molar-refractivity contribution in [3.8, 4) is 28.2 Å². The van der Waals surface area contributed by atoms with Crippen LogP contribution >= 0.6 is 0 Å². The van der Waals surface area contributed by atoms with Crippen molar-refractivity contribution in [2.45, 2.75) is 46.5 Å². The van der Waals surface area contributed by atoms with Gasteiger partial charge in [-0.15, -0.1) is 0 Å². The number of aryl methyl sites for hydroxylation is 1. The van der Waals surface area contributed by atoms with E-state index in [-0.39, 0.29) is 0 Å². The molecule has 4 aromatic carbocycles. The number of aromatic nitrogens is 3. The molecule has 0 unspecified atom stereocenters. The van der Waals surface area contributed by atoms with Crippen LogP contribution in [0.25, 0.3) is 61.2 Å². The van der Waals surface area contributed by atoms with Crippen molar-refractivity contribution in [3.63, 3.8) is 0 Å². The minimum absolute atomic E-state index is 0.293. The quantitative estimate of drug-likeness (QED) is 0.220. The summed E-state index contributed by atoms with van der Waals surface area (Å²) in [6, 6.07) is 32.2. The third kappa shape index (κ3) is 4.13. The molecule has 3 aromatic heterocycles. The van der Waals surface area contributed by atoms with Gasteiger partial charge in [-0.3, -0.25) is 9.55 Å². The number of fused-ring (bicyclic) bond motifs is 4. The molecule has 0 saturated heterocycles. The first-order valence-electron chi connectivity index (χ1n) is 14.4. The zero-order chi connectivity index (χ0) is 28.2. The van der Waals surface area contributed by atoms with Crippen LogP contribution in [0, 0.1) is 6.92 Å². The molecule has 0 bridgehead atoms. The Labute approximate surface area is 240 Å². The fourth-order valence-corrected chi connectivity index (χ4v) is 6.03. The first kappa shape index (κ1) is 25.3. The number of hydrogen-bond acceptors (Lipinski definition) is 3. The molecule has 202 valence electrons. The molecule has 0 fully saturated rings. The Balaban J connectivity index is 1.61. The van der Waals surface area contributed by atoms with E-state index >= 15 is 0 Å². The number of rotatable bonds is 5. The van der Waals surface area contributed by atoms with Gasteiger partial charge < -0.3 is 4.42 Å². The Morgan fingerprint density at radius 3 is 2.12 bits per heavy atom. The monoisotopic (exact) mass is 535 g/mol. The number of nitrogens with zero attached hydrogens (tertiary/aromatic N) is 3. The van der Waals surface area contributed by atoms with Gasteiger partial charge >= 0.3 is 0 Å². The van der Waals surface area contributed by atoms with Gasteiger partial charge in [-0.1, -0.05) is 88.4 Å². The minimum atomic E-state index is 0.293. The molecule has 3 heterocycles. The van der Waals surface area contributed by atoms with Crippen LogP contribution in [-0.4, -0.2) is 14.5 Å². The zero-order valence-corrected chi connectivity index (χ0v) is 24.1. The lowest BCUT2D eigenvalue weighted by molar-refractivity contribution is 0.669. The molecule has 4 heteroatoms. The fourth-order valence-electron chi connectivity index (χ4n) is 6.03. The largest absolute Gasteiger partial charge is 0.455 e. The van der Waals surface area contributed by atoms with Crippen molar-refractivity contribution in [2.75, 3.05) is 0 Å². The Hall–Kier alpha value is -4.70. The second-order valence-electron chi connectivity index (χ2n) is 11.5. The normalized spacial score (nSPS) is 12.0. The van der Waals surface area contributed by atoms with Crippen molar-refractivity contribution in [1.29, 1.82) is 0 Å². The fraction of sp³-hybridized carbons (Fsp3) is 0.189. The number of pyridine rings is 1. The highest BCUT2D eigenvalue weighted by Gasteiger charge is 2.25. The SMILES string of the molecule is Cc1cc2c(cn1)nc(-c1cccc3c1oc1ccccc13)n2-c1c(C(C)C)cc(-c2ccccc2)cc1C(C)C. The summed E-state index contributed by atoms with van der Waals surface area (Å²) in [6.45, 7) is 11.2. The third-order valence-corrected chi connectivity index (χ3v) is 8.07. The van der Waals surface area contributed by atoms with Crippen molar-refractivity contribution >= 4 is 33.0 Å². The maximum Gasteiger partial charge on any atom is 0.149 e. The van der Waals surface area contributed by atoms with Crippen molar-refractivity contribution in [3.05, 3.63) is 114 Å². The average molecular weight is 536 g/mol. The molecule has 4 nitrogen and oxygen atoms in total. The molecule has 0 atom stereocenters. The second-order valence-corrected chi connectivity index (χ2v) is 11.5. The first-order chi connectivity index (χ1) is 19.9. The van der Waals surface area contributed by atoms with E-state index in [4.69, 9.17) is 9.40 Å². The van der Waals surface area contributed by atoms with E-state index in [2.05, 4.69) is 116 Å². The van der Waals surface area contributed by atoms with Crippen LogP contribution in [0.5, 0.6) is 0 Å². The number of furan rings is 1. The first-order valence-corrected chi connectivity index (χ1v) is 14.4. The molecule has 0 aliphatic heterocycles. The molecule has 7 aromatic rings. The standard InChI is InChI=1S/C37H33N3O/c1-22(2)30-19-26(25-12-7-6-8-13-25)20-31(23(3)4)35(30)40-33-18-24(5)38-21-32(33)39-37(40)29-16-11-15-28-27-14-9-10-17-34(27)41-36(28)29/h6-23H,1-5H3. The van der Waals surface area contributed by atoms with Crippen LogP contribution in [0.1, 0.15) is 56.4 Å². The van der Waals surface area contributed by atoms with Gasteiger partial charge in [-0.2, -0.15) is 0 Å². The summed E-state index contributed by atoms with van der Waals surface area (Å²) in [6.07, 6.45) is 1.89. The highest BCUT2D eigenvalue weighted by molar-refractivity contribution is 6.09. The predicted octanol–water partition coefficient (Wildman–Crippen LogP) is 10.2. The van der Waals surface area contributed by atoms with Crippen molar-refractivity contribution in [1.82, 2.24) is 14.5 Å². The average Bonchev–Trinajstić information content (AvgIpc) is 3.55. The molecule has 0 radical (unpaired) electrons. The summed E-state index contributed by atoms with van der Waals surface area (Å²) in [5.74, 6) is 1.45. The molecular weight excluding hydrogens is 502 g/mol. The van der Waals surface area contributed by atoms with Gasteiger partial charge in [0.2, 0.25) is 0 Å². The molecule has 0 saturated carbocycles. The summed E-state index contributed by atoms with van der Waals surface area (Å²) in [4.78, 5) is 9.86. The highest BCUT2D eigenvalue weighted by atomic mass is 16.3. The van der Waals surface area contributed by atoms with Gasteiger partial charge in [0.25, 0.3) is 0 Å². The molecule has 0 aliphatic carbocycles. The van der Waals surface area contributed by atoms with Gasteiger partial charge in [0.15, 0.2) is 0 Å². The van der Waals surface area contributed by atoms with Gasteiger partial charge in [0.05, 0.1) is 23.0 Å². The molecule has 0 spiro atoms. The van der Waals surface area contributed by atoms with E-state index in [0.29, 0.717) is 11.8 Å². The van der Waals surface area contributed by atoms with Gasteiger partial charge in [0, 0.05) is 16.5 Å². The summed E-state index contributed by atoms with van der Waals surface area (Å²) in [5, 5.41) is 2.21. The lowest BCUT2D eigenvalue weighted by atomic mass is 9.88. The second kappa shape index (κ2) is 9.74. The topological polar surface area (TPSA) is 43.9 Å². The van der Waals surface area contributed by atoms with Gasteiger partial charge in [-0.25, -0.2) is 4.98 Å². The van der Waals surface area contributed by atoms with Crippen LogP contribution in [0.4, 0.5) is 0 Å². The Kier molecular flexibility index (Phi) is 6.01. The molecule has 0 aliphatic rings.